The number of H-pyrrole nitrogens is 4. The standard InChI is InChI=1S/C29H30N6O4.C25H23ClN8O.C25H23ClN6O2.C25H24N6O3/c1-16-13-19(28(36)35(3)4)6-7-22(16)32-29-33-26-25(27(34-29)39-20-9-11-37-12-10-20)21(15-30-26)18-5-8-23-24(14-18)38-17(2)31-23;1-27-22-21-17(14-4-6-15(7-5-14)19-10-11-29-33-19)13-28-23(21)32-25(31-22)30-20-9-8-16(12-18(20)26)24(35)34(2)3;1-13-9-15-6-5-14(11-20(15)28-13)17-12-27-22-21(17)23(34-4)31-25(30-22)29-19-8-7-16(10-18(19)26)24(33)32(2)3;1-13-10-16(24(32)31(3)4)7-8-18(13)28-25-29-22-21(23(30-25)33-5)17(12-26-22)15-6-9-19-20(11-15)34-14(2)27-19/h5-8,13-15,20H,9-12H2,1-4H3,(H2,30,32,33,34);4-9,11-13H,10H2,1-3H3,(H3,27,28,30,31,32);5-8,10-12H,9H2,1-4H3,(H2,27,29,30,31);6-12H,1-5H3,(H2,26,28,29,30). The van der Waals surface area contributed by atoms with Gasteiger partial charge in [-0.25, -0.2) is 9.97 Å². The van der Waals surface area contributed by atoms with Crippen LogP contribution in [0.25, 0.3) is 111 Å². The SMILES string of the molecule is CNc1nc(Nc2ccc(C(=O)N(C)C)cc2Cl)nc2[nH]cc(-c3ccc(C4=NN=CC4)cc3)c12.COc1nc(Nc2ccc(C(=O)N(C)C)cc2C)nc2[nH]cc(-c3ccc4nc(C)oc4c3)c12.COc1nc(Nc2ccc(C(=O)N(C)C)cc2Cl)nc2[nH]cc(-c3ccc4c(c3)N=C(C)C4)c12.Cc1nc2ccc(-c3c[nH]c4nc(Nc5ccc(C(=O)N(C)C)cc5C)nc(OC5CCOCC5)c34)cc2o1. The number of aryl methyl sites for hydroxylation is 4. The molecular formula is C104H100Cl2N26O10. The maximum atomic E-state index is 12.4. The molecule has 0 unspecified atom stereocenters. The molecule has 21 rings (SSSR count). The van der Waals surface area contributed by atoms with E-state index in [0.29, 0.717) is 144 Å². The predicted octanol–water partition coefficient (Wildman–Crippen LogP) is 20.5. The van der Waals surface area contributed by atoms with Gasteiger partial charge in [0.1, 0.15) is 45.5 Å². The Kier molecular flexibility index (Phi) is 27.2. The normalized spacial score (nSPS) is 12.7. The molecule has 0 saturated carbocycles. The number of nitrogens with zero attached hydrogens (tertiary/aromatic N) is 17. The summed E-state index contributed by atoms with van der Waals surface area (Å²) in [5, 5.41) is 28.1. The number of benzene rings is 8. The van der Waals surface area contributed by atoms with Crippen LogP contribution in [0.2, 0.25) is 10.0 Å². The van der Waals surface area contributed by atoms with Crippen molar-refractivity contribution in [3.8, 4) is 62.1 Å². The highest BCUT2D eigenvalue weighted by Gasteiger charge is 2.28. The van der Waals surface area contributed by atoms with Crippen LogP contribution in [0.4, 0.5) is 58.0 Å². The molecule has 0 bridgehead atoms. The van der Waals surface area contributed by atoms with Crippen LogP contribution in [0.1, 0.15) is 102 Å². The fraction of sp³-hybridized carbons (Fsp3) is 0.221. The number of halogens is 2. The molecule has 4 amide bonds. The zero-order valence-corrected chi connectivity index (χ0v) is 82.1. The molecule has 13 heterocycles. The summed E-state index contributed by atoms with van der Waals surface area (Å²) in [6, 6.07) is 47.4. The van der Waals surface area contributed by atoms with Crippen molar-refractivity contribution >= 4 is 189 Å². The average molecular weight is 1950 g/mol. The van der Waals surface area contributed by atoms with Gasteiger partial charge in [-0.05, 0) is 168 Å². The molecule has 9 N–H and O–H groups in total. The fourth-order valence-corrected chi connectivity index (χ4v) is 17.2. The van der Waals surface area contributed by atoms with Gasteiger partial charge in [-0.2, -0.15) is 50.1 Å². The van der Waals surface area contributed by atoms with E-state index in [2.05, 4.69) is 132 Å². The largest absolute Gasteiger partial charge is 0.480 e. The Balaban J connectivity index is 0.000000125. The summed E-state index contributed by atoms with van der Waals surface area (Å²) in [4.78, 5) is 119. The summed E-state index contributed by atoms with van der Waals surface area (Å²) in [7, 11) is 18.7. The first-order valence-corrected chi connectivity index (χ1v) is 46.2. The summed E-state index contributed by atoms with van der Waals surface area (Å²) in [6.45, 7) is 10.9. The van der Waals surface area contributed by atoms with E-state index in [1.54, 1.807) is 135 Å². The van der Waals surface area contributed by atoms with Crippen LogP contribution >= 0.6 is 23.2 Å². The number of carbonyl (C=O) groups is 4. The molecule has 0 radical (unpaired) electrons. The van der Waals surface area contributed by atoms with Crippen molar-refractivity contribution in [3.63, 3.8) is 0 Å². The second-order valence-electron chi connectivity index (χ2n) is 34.8. The molecule has 38 heteroatoms. The number of amides is 4. The Hall–Kier alpha value is -17.0. The molecule has 18 aromatic rings. The summed E-state index contributed by atoms with van der Waals surface area (Å²) in [5.74, 6) is 4.41. The monoisotopic (exact) mass is 1940 g/mol. The highest BCUT2D eigenvalue weighted by atomic mass is 35.5. The van der Waals surface area contributed by atoms with Gasteiger partial charge in [0.15, 0.2) is 22.9 Å². The van der Waals surface area contributed by atoms with Crippen LogP contribution in [0.3, 0.4) is 0 Å². The van der Waals surface area contributed by atoms with Gasteiger partial charge in [0.25, 0.3) is 23.6 Å². The van der Waals surface area contributed by atoms with Crippen molar-refractivity contribution in [3.05, 3.63) is 243 Å². The van der Waals surface area contributed by atoms with Gasteiger partial charge in [0, 0.05) is 196 Å². The van der Waals surface area contributed by atoms with Crippen molar-refractivity contribution in [2.45, 2.75) is 66.4 Å². The number of anilines is 9. The summed E-state index contributed by atoms with van der Waals surface area (Å²) >= 11 is 12.9. The van der Waals surface area contributed by atoms with Gasteiger partial charge in [-0.1, -0.05) is 71.7 Å². The van der Waals surface area contributed by atoms with E-state index < -0.39 is 0 Å². The van der Waals surface area contributed by atoms with Crippen LogP contribution in [0.15, 0.2) is 200 Å². The lowest BCUT2D eigenvalue weighted by molar-refractivity contribution is 0.0244. The first-order valence-electron chi connectivity index (χ1n) is 45.4. The van der Waals surface area contributed by atoms with Crippen LogP contribution in [0.5, 0.6) is 17.6 Å². The molecule has 0 spiro atoms. The molecule has 3 aliphatic rings. The van der Waals surface area contributed by atoms with Gasteiger partial charge < -0.3 is 93.9 Å². The number of carbonyl (C=O) groups excluding carboxylic acids is 4. The smallest absolute Gasteiger partial charge is 0.253 e. The summed E-state index contributed by atoms with van der Waals surface area (Å²) in [6.07, 6.45) is 12.6. The first-order chi connectivity index (χ1) is 68.5. The topological polar surface area (TPSA) is 434 Å². The molecule has 1 saturated heterocycles. The van der Waals surface area contributed by atoms with Crippen molar-refractivity contribution in [1.82, 2.24) is 89.4 Å². The van der Waals surface area contributed by atoms with Gasteiger partial charge in [0.2, 0.25) is 41.4 Å². The van der Waals surface area contributed by atoms with Crippen molar-refractivity contribution in [2.75, 3.05) is 117 Å². The van der Waals surface area contributed by atoms with E-state index in [1.807, 2.05) is 139 Å². The van der Waals surface area contributed by atoms with E-state index in [1.165, 1.54) is 15.4 Å². The number of aliphatic imine (C=N–C) groups is 1. The number of hydrogen-bond acceptors (Lipinski definition) is 28. The van der Waals surface area contributed by atoms with E-state index in [4.69, 9.17) is 61.0 Å². The summed E-state index contributed by atoms with van der Waals surface area (Å²) in [5.41, 5.74) is 25.5. The highest BCUT2D eigenvalue weighted by Crippen LogP contribution is 2.44. The number of methoxy groups -OCH3 is 2. The third-order valence-electron chi connectivity index (χ3n) is 23.9. The molecule has 142 heavy (non-hydrogen) atoms. The number of rotatable bonds is 22. The Labute approximate surface area is 824 Å². The lowest BCUT2D eigenvalue weighted by Gasteiger charge is -2.23. The molecule has 36 nitrogen and oxygen atoms in total. The Bertz CT molecular complexity index is 8060. The number of hydrogen-bond donors (Lipinski definition) is 9. The second-order valence-corrected chi connectivity index (χ2v) is 35.6. The van der Waals surface area contributed by atoms with Crippen molar-refractivity contribution in [2.24, 2.45) is 15.2 Å². The molecule has 0 aliphatic carbocycles. The minimum absolute atomic E-state index is 0.00933. The lowest BCUT2D eigenvalue weighted by atomic mass is 10.0. The predicted molar refractivity (Wildman–Crippen MR) is 556 cm³/mol. The van der Waals surface area contributed by atoms with E-state index in [0.717, 1.165) is 154 Å². The molecule has 8 aromatic carbocycles. The lowest BCUT2D eigenvalue weighted by Crippen LogP contribution is -2.26. The molecular weight excluding hydrogens is 1840 g/mol. The Morgan fingerprint density at radius 3 is 1.23 bits per heavy atom. The molecule has 10 aromatic heterocycles. The van der Waals surface area contributed by atoms with E-state index in [9.17, 15) is 19.2 Å². The van der Waals surface area contributed by atoms with Crippen molar-refractivity contribution in [1.29, 1.82) is 0 Å². The van der Waals surface area contributed by atoms with Gasteiger partial charge in [-0.3, -0.25) is 24.2 Å². The first kappa shape index (κ1) is 95.3. The van der Waals surface area contributed by atoms with Crippen molar-refractivity contribution < 1.29 is 47.0 Å². The van der Waals surface area contributed by atoms with Gasteiger partial charge in [-0.15, -0.1) is 0 Å². The Morgan fingerprint density at radius 1 is 0.423 bits per heavy atom. The third kappa shape index (κ3) is 20.2. The number of fused-ring (bicyclic) bond motifs is 7. The average Bonchev–Trinajstić information content (AvgIpc) is 1.62. The van der Waals surface area contributed by atoms with Gasteiger partial charge >= 0.3 is 0 Å². The van der Waals surface area contributed by atoms with Gasteiger partial charge in [0.05, 0.1) is 81.8 Å². The van der Waals surface area contributed by atoms with Crippen LogP contribution < -0.4 is 40.8 Å². The van der Waals surface area contributed by atoms with Crippen LogP contribution in [0, 0.1) is 27.7 Å². The third-order valence-corrected chi connectivity index (χ3v) is 24.6. The zero-order chi connectivity index (χ0) is 99.6. The highest BCUT2D eigenvalue weighted by molar-refractivity contribution is 6.34. The quantitative estimate of drug-likeness (QED) is 0.0304. The maximum absolute atomic E-state index is 12.4. The number of nitrogens with one attached hydrogen (secondary N) is 9. The van der Waals surface area contributed by atoms with E-state index >= 15 is 0 Å². The van der Waals surface area contributed by atoms with Crippen LogP contribution in [-0.4, -0.2) is 228 Å². The molecule has 1 fully saturated rings. The number of ether oxygens (including phenoxy) is 4. The molecule has 3 aliphatic heterocycles. The maximum Gasteiger partial charge on any atom is 0.253 e. The minimum atomic E-state index is -0.126. The number of aromatic nitrogens is 14. The molecule has 0 atom stereocenters. The zero-order valence-electron chi connectivity index (χ0n) is 80.6. The number of aromatic amines is 4. The Morgan fingerprint density at radius 2 is 0.810 bits per heavy atom. The second kappa shape index (κ2) is 40.6. The minimum Gasteiger partial charge on any atom is -0.480 e. The van der Waals surface area contributed by atoms with Crippen LogP contribution in [-0.2, 0) is 11.2 Å². The molecule has 720 valence electrons. The fourth-order valence-electron chi connectivity index (χ4n) is 16.8. The summed E-state index contributed by atoms with van der Waals surface area (Å²) < 4.78 is 34.7. The van der Waals surface area contributed by atoms with E-state index in [-0.39, 0.29) is 29.7 Å². The number of oxazole rings is 2.